The summed E-state index contributed by atoms with van der Waals surface area (Å²) in [7, 11) is 1.89. The monoisotopic (exact) mass is 371 g/mol. The van der Waals surface area contributed by atoms with E-state index >= 15 is 0 Å². The minimum absolute atomic E-state index is 0.0523. The Morgan fingerprint density at radius 1 is 1.48 bits per heavy atom. The van der Waals surface area contributed by atoms with E-state index in [1.54, 1.807) is 0 Å². The third-order valence-electron chi connectivity index (χ3n) is 3.21. The van der Waals surface area contributed by atoms with Crippen LogP contribution >= 0.6 is 27.5 Å². The van der Waals surface area contributed by atoms with Gasteiger partial charge in [0.1, 0.15) is 12.4 Å². The van der Waals surface area contributed by atoms with Gasteiger partial charge in [-0.3, -0.25) is 4.68 Å². The molecule has 1 atom stereocenters. The standard InChI is InChI=1S/C15H19BrClN3O/c1-9(18)7-11-5-4-6-12(17)15(11)21-8-13-14(16)10(2)19-20(13)3/h4-6,9H,7-8,18H2,1-3H3. The molecule has 114 valence electrons. The minimum atomic E-state index is 0.0523. The molecule has 0 spiro atoms. The number of aryl methyl sites for hydroxylation is 2. The Bertz CT molecular complexity index is 640. The third-order valence-corrected chi connectivity index (χ3v) is 4.53. The lowest BCUT2D eigenvalue weighted by atomic mass is 10.1. The molecule has 0 amide bonds. The highest BCUT2D eigenvalue weighted by Gasteiger charge is 2.14. The molecule has 0 aliphatic carbocycles. The first-order valence-electron chi connectivity index (χ1n) is 6.74. The number of hydrogen-bond acceptors (Lipinski definition) is 3. The fourth-order valence-electron chi connectivity index (χ4n) is 2.20. The van der Waals surface area contributed by atoms with Gasteiger partial charge in [0.2, 0.25) is 0 Å². The quantitative estimate of drug-likeness (QED) is 0.872. The molecule has 0 aliphatic rings. The number of hydrogen-bond donors (Lipinski definition) is 1. The number of benzene rings is 1. The maximum Gasteiger partial charge on any atom is 0.141 e. The molecule has 2 aromatic rings. The number of aromatic nitrogens is 2. The average molecular weight is 373 g/mol. The van der Waals surface area contributed by atoms with E-state index in [1.165, 1.54) is 0 Å². The zero-order valence-electron chi connectivity index (χ0n) is 12.4. The molecule has 21 heavy (non-hydrogen) atoms. The van der Waals surface area contributed by atoms with Crippen molar-refractivity contribution in [2.45, 2.75) is 32.9 Å². The van der Waals surface area contributed by atoms with Gasteiger partial charge in [-0.25, -0.2) is 0 Å². The van der Waals surface area contributed by atoms with E-state index in [1.807, 2.05) is 43.8 Å². The maximum absolute atomic E-state index is 6.26. The molecule has 0 bridgehead atoms. The van der Waals surface area contributed by atoms with Crippen molar-refractivity contribution in [1.82, 2.24) is 9.78 Å². The van der Waals surface area contributed by atoms with Crippen LogP contribution in [0.15, 0.2) is 22.7 Å². The normalized spacial score (nSPS) is 12.5. The summed E-state index contributed by atoms with van der Waals surface area (Å²) in [5.41, 5.74) is 8.81. The van der Waals surface area contributed by atoms with E-state index in [-0.39, 0.29) is 6.04 Å². The molecule has 2 rings (SSSR count). The van der Waals surface area contributed by atoms with Crippen LogP contribution in [0.3, 0.4) is 0 Å². The topological polar surface area (TPSA) is 53.1 Å². The molecule has 1 aromatic heterocycles. The van der Waals surface area contributed by atoms with E-state index in [0.29, 0.717) is 17.4 Å². The summed E-state index contributed by atoms with van der Waals surface area (Å²) in [6.45, 7) is 4.31. The molecule has 1 unspecified atom stereocenters. The largest absolute Gasteiger partial charge is 0.485 e. The maximum atomic E-state index is 6.26. The number of halogens is 2. The molecular weight excluding hydrogens is 354 g/mol. The number of nitrogens with two attached hydrogens (primary N) is 1. The summed E-state index contributed by atoms with van der Waals surface area (Å²) in [6, 6.07) is 5.78. The molecule has 0 fully saturated rings. The second-order valence-corrected chi connectivity index (χ2v) is 6.37. The summed E-state index contributed by atoms with van der Waals surface area (Å²) in [5.74, 6) is 0.696. The lowest BCUT2D eigenvalue weighted by molar-refractivity contribution is 0.291. The molecule has 1 heterocycles. The zero-order valence-corrected chi connectivity index (χ0v) is 14.7. The first-order chi connectivity index (χ1) is 9.90. The van der Waals surface area contributed by atoms with Gasteiger partial charge < -0.3 is 10.5 Å². The molecule has 0 saturated heterocycles. The van der Waals surface area contributed by atoms with Gasteiger partial charge in [-0.1, -0.05) is 23.7 Å². The molecular formula is C15H19BrClN3O. The van der Waals surface area contributed by atoms with Gasteiger partial charge in [0.15, 0.2) is 0 Å². The smallest absolute Gasteiger partial charge is 0.141 e. The van der Waals surface area contributed by atoms with Crippen LogP contribution in [0.2, 0.25) is 5.02 Å². The van der Waals surface area contributed by atoms with Crippen molar-refractivity contribution in [2.75, 3.05) is 0 Å². The predicted octanol–water partition coefficient (Wildman–Crippen LogP) is 3.61. The van der Waals surface area contributed by atoms with Crippen LogP contribution in [0.5, 0.6) is 5.75 Å². The van der Waals surface area contributed by atoms with E-state index in [2.05, 4.69) is 21.0 Å². The van der Waals surface area contributed by atoms with Crippen molar-refractivity contribution < 1.29 is 4.74 Å². The highest BCUT2D eigenvalue weighted by Crippen LogP contribution is 2.31. The molecule has 0 aliphatic heterocycles. The Balaban J connectivity index is 2.23. The Kier molecular flexibility index (Phi) is 5.30. The van der Waals surface area contributed by atoms with Gasteiger partial charge in [-0.2, -0.15) is 5.10 Å². The first-order valence-corrected chi connectivity index (χ1v) is 7.91. The third kappa shape index (κ3) is 3.78. The Hall–Kier alpha value is -1.04. The Labute approximate surface area is 138 Å². The van der Waals surface area contributed by atoms with Crippen molar-refractivity contribution in [3.8, 4) is 5.75 Å². The van der Waals surface area contributed by atoms with Gasteiger partial charge in [-0.15, -0.1) is 0 Å². The summed E-state index contributed by atoms with van der Waals surface area (Å²) in [4.78, 5) is 0. The second kappa shape index (κ2) is 6.81. The van der Waals surface area contributed by atoms with Crippen LogP contribution in [0.4, 0.5) is 0 Å². The fourth-order valence-corrected chi connectivity index (χ4v) is 2.90. The zero-order chi connectivity index (χ0) is 15.6. The number of ether oxygens (including phenoxy) is 1. The van der Waals surface area contributed by atoms with Crippen LogP contribution in [0, 0.1) is 6.92 Å². The first kappa shape index (κ1) is 16.3. The van der Waals surface area contributed by atoms with Crippen LogP contribution < -0.4 is 10.5 Å². The molecule has 0 radical (unpaired) electrons. The second-order valence-electron chi connectivity index (χ2n) is 5.17. The van der Waals surface area contributed by atoms with Crippen molar-refractivity contribution in [3.05, 3.63) is 44.6 Å². The van der Waals surface area contributed by atoms with Crippen LogP contribution in [0.1, 0.15) is 23.9 Å². The van der Waals surface area contributed by atoms with Crippen LogP contribution in [-0.4, -0.2) is 15.8 Å². The summed E-state index contributed by atoms with van der Waals surface area (Å²) in [6.07, 6.45) is 0.724. The fraction of sp³-hybridized carbons (Fsp3) is 0.400. The van der Waals surface area contributed by atoms with Gasteiger partial charge in [0.25, 0.3) is 0 Å². The summed E-state index contributed by atoms with van der Waals surface area (Å²) >= 11 is 9.80. The van der Waals surface area contributed by atoms with Crippen LogP contribution in [0.25, 0.3) is 0 Å². The molecule has 4 nitrogen and oxygen atoms in total. The van der Waals surface area contributed by atoms with Gasteiger partial charge in [0.05, 0.1) is 20.9 Å². The number of para-hydroxylation sites is 1. The van der Waals surface area contributed by atoms with Crippen LogP contribution in [-0.2, 0) is 20.1 Å². The van der Waals surface area contributed by atoms with E-state index in [0.717, 1.165) is 27.8 Å². The van der Waals surface area contributed by atoms with E-state index in [4.69, 9.17) is 22.1 Å². The van der Waals surface area contributed by atoms with E-state index < -0.39 is 0 Å². The minimum Gasteiger partial charge on any atom is -0.485 e. The molecule has 2 N–H and O–H groups in total. The van der Waals surface area contributed by atoms with Crippen molar-refractivity contribution in [1.29, 1.82) is 0 Å². The van der Waals surface area contributed by atoms with Crippen molar-refractivity contribution >= 4 is 27.5 Å². The lowest BCUT2D eigenvalue weighted by Crippen LogP contribution is -2.18. The summed E-state index contributed by atoms with van der Waals surface area (Å²) < 4.78 is 8.72. The van der Waals surface area contributed by atoms with Gasteiger partial charge >= 0.3 is 0 Å². The summed E-state index contributed by atoms with van der Waals surface area (Å²) in [5, 5.41) is 4.95. The average Bonchev–Trinajstić information content (AvgIpc) is 2.63. The molecule has 0 saturated carbocycles. The lowest BCUT2D eigenvalue weighted by Gasteiger charge is -2.15. The molecule has 1 aromatic carbocycles. The highest BCUT2D eigenvalue weighted by molar-refractivity contribution is 9.10. The van der Waals surface area contributed by atoms with E-state index in [9.17, 15) is 0 Å². The number of nitrogens with zero attached hydrogens (tertiary/aromatic N) is 2. The highest BCUT2D eigenvalue weighted by atomic mass is 79.9. The predicted molar refractivity (Wildman–Crippen MR) is 88.8 cm³/mol. The Morgan fingerprint density at radius 2 is 2.19 bits per heavy atom. The number of rotatable bonds is 5. The van der Waals surface area contributed by atoms with Crippen molar-refractivity contribution in [2.24, 2.45) is 12.8 Å². The Morgan fingerprint density at radius 3 is 2.76 bits per heavy atom. The SMILES string of the molecule is Cc1nn(C)c(COc2c(Cl)cccc2CC(C)N)c1Br. The van der Waals surface area contributed by atoms with Crippen molar-refractivity contribution in [3.63, 3.8) is 0 Å². The van der Waals surface area contributed by atoms with Gasteiger partial charge in [0, 0.05) is 13.1 Å². The molecule has 6 heteroatoms. The van der Waals surface area contributed by atoms with Gasteiger partial charge in [-0.05, 0) is 47.8 Å².